The van der Waals surface area contributed by atoms with Gasteiger partial charge in [0.2, 0.25) is 0 Å². The van der Waals surface area contributed by atoms with E-state index >= 15 is 0 Å². The number of hydrogen-bond donors (Lipinski definition) is 1. The third-order valence-electron chi connectivity index (χ3n) is 3.24. The van der Waals surface area contributed by atoms with E-state index in [4.69, 9.17) is 4.74 Å². The summed E-state index contributed by atoms with van der Waals surface area (Å²) >= 11 is 0. The Labute approximate surface area is 77.5 Å². The first-order valence-corrected chi connectivity index (χ1v) is 4.80. The molecule has 1 N–H and O–H groups in total. The summed E-state index contributed by atoms with van der Waals surface area (Å²) in [5.41, 5.74) is 0. The number of fused-ring (bicyclic) bond motifs is 1. The van der Waals surface area contributed by atoms with Crippen molar-refractivity contribution >= 4 is 6.09 Å². The molecule has 0 spiro atoms. The summed E-state index contributed by atoms with van der Waals surface area (Å²) in [6, 6.07) is 0.151. The summed E-state index contributed by atoms with van der Waals surface area (Å²) in [5.74, 6) is 0.273. The zero-order valence-corrected chi connectivity index (χ0v) is 7.93. The summed E-state index contributed by atoms with van der Waals surface area (Å²) in [6.07, 6.45) is 0.333. The molecule has 0 aromatic heterocycles. The standard InChI is InChI=1S/C9H15NO3/c1-3-13-9(12)10-5(2)6-4-7(10)8(6)11/h5-8,11H,3-4H2,1-2H3/t5-,6+,7+,8+/m1/s1. The summed E-state index contributed by atoms with van der Waals surface area (Å²) < 4.78 is 4.92. The SMILES string of the molecule is CCOC(=O)N1[C@H](C)[C@@H]2C[C@H]1[C@H]2O. The Morgan fingerprint density at radius 3 is 2.77 bits per heavy atom. The quantitative estimate of drug-likeness (QED) is 0.650. The number of rotatable bonds is 1. The van der Waals surface area contributed by atoms with Crippen molar-refractivity contribution in [3.05, 3.63) is 0 Å². The van der Waals surface area contributed by atoms with Gasteiger partial charge in [-0.05, 0) is 20.3 Å². The Hall–Kier alpha value is -0.770. The smallest absolute Gasteiger partial charge is 0.410 e. The highest BCUT2D eigenvalue weighted by Crippen LogP contribution is 2.45. The van der Waals surface area contributed by atoms with Crippen molar-refractivity contribution in [1.29, 1.82) is 0 Å². The minimum absolute atomic E-state index is 0.0130. The van der Waals surface area contributed by atoms with E-state index in [-0.39, 0.29) is 30.2 Å². The Morgan fingerprint density at radius 2 is 2.38 bits per heavy atom. The van der Waals surface area contributed by atoms with Crippen LogP contribution in [-0.4, -0.2) is 40.9 Å². The first-order valence-electron chi connectivity index (χ1n) is 4.80. The van der Waals surface area contributed by atoms with Gasteiger partial charge >= 0.3 is 6.09 Å². The van der Waals surface area contributed by atoms with E-state index in [2.05, 4.69) is 0 Å². The van der Waals surface area contributed by atoms with Crippen molar-refractivity contribution in [2.75, 3.05) is 6.61 Å². The van der Waals surface area contributed by atoms with Crippen LogP contribution in [0.25, 0.3) is 0 Å². The van der Waals surface area contributed by atoms with Crippen LogP contribution in [0.3, 0.4) is 0 Å². The van der Waals surface area contributed by atoms with Crippen LogP contribution < -0.4 is 0 Å². The number of hydrogen-bond acceptors (Lipinski definition) is 3. The van der Waals surface area contributed by atoms with Gasteiger partial charge in [-0.25, -0.2) is 4.79 Å². The van der Waals surface area contributed by atoms with Gasteiger partial charge in [0, 0.05) is 12.0 Å². The van der Waals surface area contributed by atoms with Crippen molar-refractivity contribution < 1.29 is 14.6 Å². The second kappa shape index (κ2) is 2.87. The molecule has 2 heterocycles. The lowest BCUT2D eigenvalue weighted by atomic mass is 9.80. The molecule has 2 bridgehead atoms. The lowest BCUT2D eigenvalue weighted by Gasteiger charge is -2.31. The Kier molecular flexibility index (Phi) is 1.95. The minimum atomic E-state index is -0.320. The lowest BCUT2D eigenvalue weighted by Crippen LogP contribution is -2.45. The fourth-order valence-electron chi connectivity index (χ4n) is 2.42. The molecule has 0 aromatic carbocycles. The van der Waals surface area contributed by atoms with E-state index in [0.29, 0.717) is 6.61 Å². The van der Waals surface area contributed by atoms with Gasteiger partial charge in [-0.1, -0.05) is 0 Å². The molecule has 2 saturated heterocycles. The predicted octanol–water partition coefficient (Wildman–Crippen LogP) is 0.596. The average molecular weight is 185 g/mol. The number of carbonyl (C=O) groups is 1. The molecule has 0 unspecified atom stereocenters. The molecule has 3 fully saturated rings. The first kappa shape index (κ1) is 8.81. The maximum Gasteiger partial charge on any atom is 0.410 e. The number of amides is 1. The largest absolute Gasteiger partial charge is 0.450 e. The third-order valence-corrected chi connectivity index (χ3v) is 3.24. The molecule has 0 radical (unpaired) electrons. The summed E-state index contributed by atoms with van der Waals surface area (Å²) in [7, 11) is 0. The van der Waals surface area contributed by atoms with E-state index in [1.807, 2.05) is 6.92 Å². The highest BCUT2D eigenvalue weighted by Gasteiger charge is 2.58. The van der Waals surface area contributed by atoms with Crippen LogP contribution >= 0.6 is 0 Å². The van der Waals surface area contributed by atoms with Crippen LogP contribution in [0.15, 0.2) is 0 Å². The van der Waals surface area contributed by atoms with Crippen LogP contribution in [0.4, 0.5) is 4.79 Å². The van der Waals surface area contributed by atoms with Crippen LogP contribution in [0.2, 0.25) is 0 Å². The molecule has 0 aromatic rings. The molecular weight excluding hydrogens is 170 g/mol. The van der Waals surface area contributed by atoms with Gasteiger partial charge in [-0.15, -0.1) is 0 Å². The molecule has 3 rings (SSSR count). The first-order chi connectivity index (χ1) is 6.16. The molecule has 4 atom stereocenters. The van der Waals surface area contributed by atoms with Crippen LogP contribution in [0.5, 0.6) is 0 Å². The van der Waals surface area contributed by atoms with Gasteiger partial charge < -0.3 is 9.84 Å². The summed E-state index contributed by atoms with van der Waals surface area (Å²) in [4.78, 5) is 13.1. The van der Waals surface area contributed by atoms with E-state index in [0.717, 1.165) is 6.42 Å². The molecule has 1 amide bonds. The zero-order chi connectivity index (χ0) is 9.59. The van der Waals surface area contributed by atoms with Gasteiger partial charge in [0.15, 0.2) is 0 Å². The highest BCUT2D eigenvalue weighted by atomic mass is 16.6. The topological polar surface area (TPSA) is 49.8 Å². The zero-order valence-electron chi connectivity index (χ0n) is 7.93. The monoisotopic (exact) mass is 185 g/mol. The number of carbonyl (C=O) groups excluding carboxylic acids is 1. The summed E-state index contributed by atoms with van der Waals surface area (Å²) in [5, 5.41) is 9.56. The molecule has 4 nitrogen and oxygen atoms in total. The molecule has 1 aliphatic carbocycles. The van der Waals surface area contributed by atoms with Gasteiger partial charge in [0.05, 0.1) is 18.8 Å². The molecular formula is C9H15NO3. The number of aliphatic hydroxyl groups excluding tert-OH is 1. The number of ether oxygens (including phenoxy) is 1. The van der Waals surface area contributed by atoms with Gasteiger partial charge in [-0.2, -0.15) is 0 Å². The minimum Gasteiger partial charge on any atom is -0.450 e. The van der Waals surface area contributed by atoms with E-state index < -0.39 is 0 Å². The van der Waals surface area contributed by atoms with Crippen molar-refractivity contribution in [2.45, 2.75) is 38.5 Å². The van der Waals surface area contributed by atoms with Crippen molar-refractivity contribution in [2.24, 2.45) is 5.92 Å². The van der Waals surface area contributed by atoms with Crippen molar-refractivity contribution in [1.82, 2.24) is 4.90 Å². The Morgan fingerprint density at radius 1 is 1.69 bits per heavy atom. The third kappa shape index (κ3) is 1.05. The molecule has 74 valence electrons. The van der Waals surface area contributed by atoms with Crippen LogP contribution in [0, 0.1) is 5.92 Å². The van der Waals surface area contributed by atoms with E-state index in [9.17, 15) is 9.90 Å². The van der Waals surface area contributed by atoms with Crippen molar-refractivity contribution in [3.63, 3.8) is 0 Å². The van der Waals surface area contributed by atoms with Gasteiger partial charge in [-0.3, -0.25) is 4.90 Å². The lowest BCUT2D eigenvalue weighted by molar-refractivity contribution is 0.0191. The Balaban J connectivity index is 2.05. The van der Waals surface area contributed by atoms with Crippen LogP contribution in [0.1, 0.15) is 20.3 Å². The maximum atomic E-state index is 11.4. The average Bonchev–Trinajstić information content (AvgIpc) is 2.54. The van der Waals surface area contributed by atoms with Crippen LogP contribution in [-0.2, 0) is 4.74 Å². The molecule has 3 aliphatic rings. The fourth-order valence-corrected chi connectivity index (χ4v) is 2.42. The second-order valence-corrected chi connectivity index (χ2v) is 3.80. The number of nitrogens with zero attached hydrogens (tertiary/aromatic N) is 1. The highest BCUT2D eigenvalue weighted by molar-refractivity contribution is 5.70. The molecule has 13 heavy (non-hydrogen) atoms. The number of aliphatic hydroxyl groups is 1. The predicted molar refractivity (Wildman–Crippen MR) is 46.2 cm³/mol. The molecule has 1 saturated carbocycles. The fraction of sp³-hybridized carbons (Fsp3) is 0.889. The summed E-state index contributed by atoms with van der Waals surface area (Å²) in [6.45, 7) is 4.16. The van der Waals surface area contributed by atoms with Gasteiger partial charge in [0.1, 0.15) is 0 Å². The van der Waals surface area contributed by atoms with E-state index in [1.54, 1.807) is 11.8 Å². The van der Waals surface area contributed by atoms with Crippen molar-refractivity contribution in [3.8, 4) is 0 Å². The molecule has 4 heteroatoms. The molecule has 2 aliphatic heterocycles. The maximum absolute atomic E-state index is 11.4. The normalized spacial score (nSPS) is 41.6. The Bertz CT molecular complexity index is 229. The second-order valence-electron chi connectivity index (χ2n) is 3.80. The van der Waals surface area contributed by atoms with Gasteiger partial charge in [0.25, 0.3) is 0 Å². The van der Waals surface area contributed by atoms with E-state index in [1.165, 1.54) is 0 Å².